The number of carbonyl (C=O) groups is 1. The van der Waals surface area contributed by atoms with E-state index < -0.39 is 40.6 Å². The molecule has 1 aromatic heterocycles. The first-order valence-electron chi connectivity index (χ1n) is 8.41. The second kappa shape index (κ2) is 8.30. The van der Waals surface area contributed by atoms with E-state index in [1.54, 1.807) is 24.3 Å². The largest absolute Gasteiger partial charge is 0.417 e. The van der Waals surface area contributed by atoms with E-state index in [0.29, 0.717) is 28.3 Å². The number of carbonyl (C=O) groups excluding carboxylic acids is 1. The molecular weight excluding hydrogens is 393 g/mol. The van der Waals surface area contributed by atoms with Crippen LogP contribution in [0.25, 0.3) is 0 Å². The first-order valence-corrected chi connectivity index (χ1v) is 9.73. The Morgan fingerprint density at radius 3 is 2.43 bits per heavy atom. The van der Waals surface area contributed by atoms with Crippen LogP contribution in [0.2, 0.25) is 0 Å². The lowest BCUT2D eigenvalue weighted by Crippen LogP contribution is -2.28. The molecule has 0 radical (unpaired) electrons. The first kappa shape index (κ1) is 21.9. The van der Waals surface area contributed by atoms with Crippen molar-refractivity contribution in [3.8, 4) is 0 Å². The highest BCUT2D eigenvalue weighted by atomic mass is 32.2. The van der Waals surface area contributed by atoms with E-state index in [2.05, 4.69) is 5.32 Å². The van der Waals surface area contributed by atoms with Crippen molar-refractivity contribution in [2.75, 3.05) is 5.32 Å². The number of aromatic nitrogens is 1. The van der Waals surface area contributed by atoms with Crippen LogP contribution in [0.4, 0.5) is 18.9 Å². The molecule has 2 aromatic rings. The number of nitrogens with zero attached hydrogens (tertiary/aromatic N) is 1. The summed E-state index contributed by atoms with van der Waals surface area (Å²) in [7, 11) is -1.12. The van der Waals surface area contributed by atoms with E-state index in [-0.39, 0.29) is 4.75 Å². The van der Waals surface area contributed by atoms with Crippen molar-refractivity contribution in [1.29, 1.82) is 0 Å². The molecule has 0 aliphatic carbocycles. The summed E-state index contributed by atoms with van der Waals surface area (Å²) in [6, 6.07) is 8.17. The van der Waals surface area contributed by atoms with Crippen LogP contribution >= 0.6 is 0 Å². The van der Waals surface area contributed by atoms with Crippen LogP contribution < -0.4 is 10.9 Å². The molecule has 2 rings (SSSR count). The molecule has 1 N–H and O–H groups in total. The highest BCUT2D eigenvalue weighted by Gasteiger charge is 2.31. The fourth-order valence-corrected chi connectivity index (χ4v) is 3.20. The van der Waals surface area contributed by atoms with Gasteiger partial charge in [0.2, 0.25) is 5.91 Å². The van der Waals surface area contributed by atoms with Gasteiger partial charge in [-0.15, -0.1) is 0 Å². The van der Waals surface area contributed by atoms with Crippen LogP contribution in [0, 0.1) is 0 Å². The summed E-state index contributed by atoms with van der Waals surface area (Å²) < 4.78 is 50.9. The summed E-state index contributed by atoms with van der Waals surface area (Å²) in [5.74, 6) is -0.337. The minimum Gasteiger partial charge on any atom is -0.325 e. The second-order valence-electron chi connectivity index (χ2n) is 7.23. The van der Waals surface area contributed by atoms with Crippen molar-refractivity contribution in [3.63, 3.8) is 0 Å². The molecule has 9 heteroatoms. The molecule has 5 nitrogen and oxygen atoms in total. The fraction of sp³-hybridized carbons (Fsp3) is 0.368. The van der Waals surface area contributed by atoms with Crippen LogP contribution in [0.15, 0.2) is 47.4 Å². The van der Waals surface area contributed by atoms with Crippen molar-refractivity contribution >= 4 is 22.4 Å². The fourth-order valence-electron chi connectivity index (χ4n) is 2.28. The maximum Gasteiger partial charge on any atom is 0.417 e. The van der Waals surface area contributed by atoms with Gasteiger partial charge in [0, 0.05) is 39.3 Å². The Morgan fingerprint density at radius 1 is 1.14 bits per heavy atom. The van der Waals surface area contributed by atoms with E-state index in [0.717, 1.165) is 11.6 Å². The molecule has 1 atom stereocenters. The zero-order chi connectivity index (χ0) is 21.1. The Bertz CT molecular complexity index is 946. The van der Waals surface area contributed by atoms with E-state index in [1.165, 1.54) is 0 Å². The Labute approximate surface area is 163 Å². The third kappa shape index (κ3) is 6.05. The van der Waals surface area contributed by atoms with Gasteiger partial charge in [-0.25, -0.2) is 0 Å². The molecule has 0 fully saturated rings. The molecule has 152 valence electrons. The molecule has 0 spiro atoms. The van der Waals surface area contributed by atoms with Crippen LogP contribution in [0.3, 0.4) is 0 Å². The highest BCUT2D eigenvalue weighted by Crippen LogP contribution is 2.28. The van der Waals surface area contributed by atoms with Crippen LogP contribution in [-0.2, 0) is 34.1 Å². The van der Waals surface area contributed by atoms with Crippen molar-refractivity contribution < 1.29 is 22.2 Å². The highest BCUT2D eigenvalue weighted by molar-refractivity contribution is 7.85. The van der Waals surface area contributed by atoms with E-state index in [1.807, 2.05) is 20.8 Å². The standard InChI is InChI=1S/C19H21F3N2O3S/c1-18(2,3)28(27)12-13-5-4-6-15(9-13)23-16(25)11-24-10-14(19(20,21)22)7-8-17(24)26/h4-10H,11-12H2,1-3H3,(H,23,25). The van der Waals surface area contributed by atoms with Crippen LogP contribution in [0.5, 0.6) is 0 Å². The summed E-state index contributed by atoms with van der Waals surface area (Å²) in [5, 5.41) is 2.55. The van der Waals surface area contributed by atoms with E-state index >= 15 is 0 Å². The number of alkyl halides is 3. The Balaban J connectivity index is 2.11. The number of halogens is 3. The normalized spacial score (nSPS) is 13.2. The van der Waals surface area contributed by atoms with Crippen LogP contribution in [0.1, 0.15) is 31.9 Å². The average Bonchev–Trinajstić information content (AvgIpc) is 2.55. The number of rotatable bonds is 5. The lowest BCUT2D eigenvalue weighted by Gasteiger charge is -2.18. The van der Waals surface area contributed by atoms with Crippen molar-refractivity contribution in [2.24, 2.45) is 0 Å². The quantitative estimate of drug-likeness (QED) is 0.814. The third-order valence-corrected chi connectivity index (χ3v) is 5.78. The van der Waals surface area contributed by atoms with Gasteiger partial charge in [-0.1, -0.05) is 12.1 Å². The van der Waals surface area contributed by atoms with E-state index in [4.69, 9.17) is 0 Å². The lowest BCUT2D eigenvalue weighted by atomic mass is 10.2. The van der Waals surface area contributed by atoms with Gasteiger partial charge in [0.1, 0.15) is 6.54 Å². The Morgan fingerprint density at radius 2 is 1.82 bits per heavy atom. The predicted octanol–water partition coefficient (Wildman–Crippen LogP) is 3.55. The number of anilines is 1. The number of hydrogen-bond acceptors (Lipinski definition) is 3. The van der Waals surface area contributed by atoms with Gasteiger partial charge in [-0.2, -0.15) is 13.2 Å². The van der Waals surface area contributed by atoms with Gasteiger partial charge < -0.3 is 9.88 Å². The number of benzene rings is 1. The SMILES string of the molecule is CC(C)(C)S(=O)Cc1cccc(NC(=O)Cn2cc(C(F)(F)F)ccc2=O)c1. The number of hydrogen-bond donors (Lipinski definition) is 1. The summed E-state index contributed by atoms with van der Waals surface area (Å²) in [6.07, 6.45) is -3.99. The molecule has 0 aliphatic heterocycles. The molecular formula is C19H21F3N2O3S. The first-order chi connectivity index (χ1) is 12.9. The number of amides is 1. The monoisotopic (exact) mass is 414 g/mol. The second-order valence-corrected chi connectivity index (χ2v) is 9.44. The van der Waals surface area contributed by atoms with Gasteiger partial charge in [-0.3, -0.25) is 13.8 Å². The zero-order valence-electron chi connectivity index (χ0n) is 15.7. The van der Waals surface area contributed by atoms with Gasteiger partial charge >= 0.3 is 6.18 Å². The summed E-state index contributed by atoms with van der Waals surface area (Å²) in [4.78, 5) is 23.9. The summed E-state index contributed by atoms with van der Waals surface area (Å²) in [5.41, 5.74) is -0.556. The predicted molar refractivity (Wildman–Crippen MR) is 102 cm³/mol. The molecule has 0 bridgehead atoms. The molecule has 1 amide bonds. The van der Waals surface area contributed by atoms with Crippen LogP contribution in [-0.4, -0.2) is 19.4 Å². The topological polar surface area (TPSA) is 68.2 Å². The lowest BCUT2D eigenvalue weighted by molar-refractivity contribution is -0.138. The maximum atomic E-state index is 12.8. The number of pyridine rings is 1. The van der Waals surface area contributed by atoms with Gasteiger partial charge in [0.25, 0.3) is 5.56 Å². The summed E-state index contributed by atoms with van der Waals surface area (Å²) in [6.45, 7) is 5.03. The van der Waals surface area contributed by atoms with Gasteiger partial charge in [0.05, 0.1) is 5.56 Å². The third-order valence-electron chi connectivity index (χ3n) is 3.82. The Kier molecular flexibility index (Phi) is 6.48. The van der Waals surface area contributed by atoms with Crippen molar-refractivity contribution in [3.05, 3.63) is 64.1 Å². The van der Waals surface area contributed by atoms with Gasteiger partial charge in [0.15, 0.2) is 0 Å². The molecule has 0 saturated heterocycles. The van der Waals surface area contributed by atoms with Gasteiger partial charge in [-0.05, 0) is 44.5 Å². The van der Waals surface area contributed by atoms with Crippen molar-refractivity contribution in [1.82, 2.24) is 4.57 Å². The smallest absolute Gasteiger partial charge is 0.325 e. The van der Waals surface area contributed by atoms with Crippen molar-refractivity contribution in [2.45, 2.75) is 44.0 Å². The molecule has 0 aliphatic rings. The Hall–Kier alpha value is -2.42. The molecule has 1 aromatic carbocycles. The molecule has 1 unspecified atom stereocenters. The average molecular weight is 414 g/mol. The number of nitrogens with one attached hydrogen (secondary N) is 1. The van der Waals surface area contributed by atoms with E-state index in [9.17, 15) is 27.0 Å². The summed E-state index contributed by atoms with van der Waals surface area (Å²) >= 11 is 0. The molecule has 28 heavy (non-hydrogen) atoms. The minimum absolute atomic E-state index is 0.306. The molecule has 1 heterocycles. The zero-order valence-corrected chi connectivity index (χ0v) is 16.5. The molecule has 0 saturated carbocycles. The maximum absolute atomic E-state index is 12.8. The minimum atomic E-state index is -4.61.